The van der Waals surface area contributed by atoms with Crippen molar-refractivity contribution in [1.29, 1.82) is 0 Å². The second-order valence-corrected chi connectivity index (χ2v) is 6.02. The Morgan fingerprint density at radius 1 is 1.32 bits per heavy atom. The van der Waals surface area contributed by atoms with Crippen LogP contribution in [0.4, 0.5) is 0 Å². The molecule has 3 N–H and O–H groups in total. The molecule has 3 rings (SSSR count). The smallest absolute Gasteiger partial charge is 0.104 e. The fraction of sp³-hybridized carbons (Fsp3) is 0.471. The fourth-order valence-corrected chi connectivity index (χ4v) is 3.42. The lowest BCUT2D eigenvalue weighted by atomic mass is 9.94. The van der Waals surface area contributed by atoms with Crippen molar-refractivity contribution >= 4 is 11.8 Å². The number of fused-ring (bicyclic) bond motifs is 1. The van der Waals surface area contributed by atoms with Crippen molar-refractivity contribution in [3.05, 3.63) is 41.5 Å². The Labute approximate surface area is 130 Å². The molecule has 2 atom stereocenters. The lowest BCUT2D eigenvalue weighted by Gasteiger charge is -2.26. The molecule has 5 nitrogen and oxygen atoms in total. The molecule has 1 aliphatic carbocycles. The zero-order chi connectivity index (χ0) is 15.4. The number of quaternary nitrogens is 1. The quantitative estimate of drug-likeness (QED) is 0.416. The molecule has 2 aliphatic rings. The molecule has 1 heterocycles. The summed E-state index contributed by atoms with van der Waals surface area (Å²) in [5, 5.41) is 22.4. The van der Waals surface area contributed by atoms with Crippen molar-refractivity contribution < 1.29 is 20.0 Å². The molecule has 0 unspecified atom stereocenters. The first-order chi connectivity index (χ1) is 10.8. The van der Waals surface area contributed by atoms with Crippen molar-refractivity contribution in [1.82, 2.24) is 0 Å². The van der Waals surface area contributed by atoms with Crippen LogP contribution in [0.5, 0.6) is 0 Å². The van der Waals surface area contributed by atoms with E-state index in [0.717, 1.165) is 44.0 Å². The molecule has 1 saturated heterocycles. The zero-order valence-corrected chi connectivity index (χ0v) is 12.6. The molecule has 1 aliphatic heterocycles. The molecule has 22 heavy (non-hydrogen) atoms. The normalized spacial score (nSPS) is 23.5. The molecule has 5 heteroatoms. The minimum absolute atomic E-state index is 0.180. The maximum Gasteiger partial charge on any atom is 0.104 e. The van der Waals surface area contributed by atoms with Crippen LogP contribution in [-0.2, 0) is 4.74 Å². The van der Waals surface area contributed by atoms with Gasteiger partial charge in [0.15, 0.2) is 0 Å². The van der Waals surface area contributed by atoms with Gasteiger partial charge < -0.3 is 20.0 Å². The lowest BCUT2D eigenvalue weighted by molar-refractivity contribution is -0.911. The van der Waals surface area contributed by atoms with Crippen molar-refractivity contribution in [2.45, 2.75) is 18.4 Å². The number of nitrogens with one attached hydrogen (secondary N) is 1. The molecule has 0 saturated carbocycles. The van der Waals surface area contributed by atoms with Gasteiger partial charge in [0.05, 0.1) is 19.4 Å². The van der Waals surface area contributed by atoms with E-state index in [1.165, 1.54) is 16.7 Å². The number of hydrogen-bond donors (Lipinski definition) is 3. The number of allylic oxidation sites excluding steroid dienone is 2. The standard InChI is InChI=1S/C17H22N2O3/c20-15(12-19-5-7-22-8-6-19)10-13-9-14(11-18-21)17-4-2-1-3-16(13)17/h1-4,9,11,13,15,20-21H,5-8,10,12H2/p+1/b18-11-/t13-,15-/m0/s1. The van der Waals surface area contributed by atoms with Gasteiger partial charge in [-0.05, 0) is 17.5 Å². The number of oxime groups is 1. The van der Waals surface area contributed by atoms with Crippen LogP contribution in [0.2, 0.25) is 0 Å². The Balaban J connectivity index is 1.66. The summed E-state index contributed by atoms with van der Waals surface area (Å²) < 4.78 is 5.35. The average Bonchev–Trinajstić information content (AvgIpc) is 2.87. The van der Waals surface area contributed by atoms with Crippen molar-refractivity contribution in [2.75, 3.05) is 32.8 Å². The third-order valence-electron chi connectivity index (χ3n) is 4.50. The van der Waals surface area contributed by atoms with Crippen LogP contribution < -0.4 is 4.90 Å². The summed E-state index contributed by atoms with van der Waals surface area (Å²) in [4.78, 5) is 1.41. The third kappa shape index (κ3) is 3.38. The summed E-state index contributed by atoms with van der Waals surface area (Å²) in [6, 6.07) is 8.11. The van der Waals surface area contributed by atoms with Crippen LogP contribution in [0.3, 0.4) is 0 Å². The molecule has 0 spiro atoms. The molecule has 0 aromatic heterocycles. The summed E-state index contributed by atoms with van der Waals surface area (Å²) >= 11 is 0. The molecule has 1 aromatic rings. The number of morpholine rings is 1. The van der Waals surface area contributed by atoms with Crippen LogP contribution in [0.15, 0.2) is 35.5 Å². The summed E-state index contributed by atoms with van der Waals surface area (Å²) in [5.74, 6) is 0.180. The Morgan fingerprint density at radius 3 is 2.86 bits per heavy atom. The van der Waals surface area contributed by atoms with Gasteiger partial charge in [-0.3, -0.25) is 0 Å². The van der Waals surface area contributed by atoms with Gasteiger partial charge in [-0.2, -0.15) is 0 Å². The highest BCUT2D eigenvalue weighted by atomic mass is 16.5. The minimum Gasteiger partial charge on any atom is -0.411 e. The average molecular weight is 303 g/mol. The first-order valence-corrected chi connectivity index (χ1v) is 7.86. The van der Waals surface area contributed by atoms with Gasteiger partial charge >= 0.3 is 0 Å². The zero-order valence-electron chi connectivity index (χ0n) is 12.6. The van der Waals surface area contributed by atoms with E-state index in [1.807, 2.05) is 18.2 Å². The SMILES string of the molecule is O/N=C\C1=C[C@@H](C[C@H](O)C[NH+]2CCOCC2)c2ccccc21. The van der Waals surface area contributed by atoms with E-state index in [-0.39, 0.29) is 12.0 Å². The number of hydrogen-bond acceptors (Lipinski definition) is 4. The molecular formula is C17H23N2O3+. The van der Waals surface area contributed by atoms with E-state index in [9.17, 15) is 5.11 Å². The second-order valence-electron chi connectivity index (χ2n) is 6.02. The van der Waals surface area contributed by atoms with Gasteiger partial charge in [-0.1, -0.05) is 35.5 Å². The van der Waals surface area contributed by atoms with Crippen LogP contribution in [0.25, 0.3) is 5.57 Å². The van der Waals surface area contributed by atoms with Crippen LogP contribution in [0, 0.1) is 0 Å². The molecule has 1 aromatic carbocycles. The molecule has 0 amide bonds. The van der Waals surface area contributed by atoms with Crippen molar-refractivity contribution in [3.8, 4) is 0 Å². The van der Waals surface area contributed by atoms with Gasteiger partial charge in [-0.15, -0.1) is 0 Å². The van der Waals surface area contributed by atoms with Gasteiger partial charge in [0.2, 0.25) is 0 Å². The van der Waals surface area contributed by atoms with E-state index in [0.29, 0.717) is 6.42 Å². The number of aliphatic hydroxyl groups is 1. The van der Waals surface area contributed by atoms with Crippen LogP contribution in [-0.4, -0.2) is 55.5 Å². The predicted molar refractivity (Wildman–Crippen MR) is 84.4 cm³/mol. The van der Waals surface area contributed by atoms with Crippen molar-refractivity contribution in [2.24, 2.45) is 5.16 Å². The molecular weight excluding hydrogens is 280 g/mol. The Bertz CT molecular complexity index is 565. The second kappa shape index (κ2) is 7.05. The predicted octanol–water partition coefficient (Wildman–Crippen LogP) is 0.293. The first kappa shape index (κ1) is 15.2. The van der Waals surface area contributed by atoms with E-state index in [1.54, 1.807) is 0 Å². The molecule has 1 fully saturated rings. The van der Waals surface area contributed by atoms with E-state index in [2.05, 4.69) is 17.3 Å². The first-order valence-electron chi connectivity index (χ1n) is 7.86. The topological polar surface area (TPSA) is 66.5 Å². The summed E-state index contributed by atoms with van der Waals surface area (Å²) in [6.07, 6.45) is 3.91. The largest absolute Gasteiger partial charge is 0.411 e. The third-order valence-corrected chi connectivity index (χ3v) is 4.50. The molecule has 0 bridgehead atoms. The van der Waals surface area contributed by atoms with E-state index >= 15 is 0 Å². The summed E-state index contributed by atoms with van der Waals surface area (Å²) in [7, 11) is 0. The van der Waals surface area contributed by atoms with Gasteiger partial charge in [0, 0.05) is 11.5 Å². The molecule has 0 radical (unpaired) electrons. The summed E-state index contributed by atoms with van der Waals surface area (Å²) in [6.45, 7) is 4.27. The Kier molecular flexibility index (Phi) is 4.87. The van der Waals surface area contributed by atoms with Gasteiger partial charge in [0.25, 0.3) is 0 Å². The fourth-order valence-electron chi connectivity index (χ4n) is 3.42. The van der Waals surface area contributed by atoms with Crippen LogP contribution >= 0.6 is 0 Å². The highest BCUT2D eigenvalue weighted by Crippen LogP contribution is 2.37. The number of benzene rings is 1. The Hall–Kier alpha value is -1.69. The maximum atomic E-state index is 10.4. The lowest BCUT2D eigenvalue weighted by Crippen LogP contribution is -3.15. The molecule has 118 valence electrons. The van der Waals surface area contributed by atoms with E-state index in [4.69, 9.17) is 9.94 Å². The number of aliphatic hydroxyl groups excluding tert-OH is 1. The van der Waals surface area contributed by atoms with E-state index < -0.39 is 0 Å². The minimum atomic E-state index is -0.340. The van der Waals surface area contributed by atoms with Crippen molar-refractivity contribution in [3.63, 3.8) is 0 Å². The highest BCUT2D eigenvalue weighted by Gasteiger charge is 2.26. The highest BCUT2D eigenvalue weighted by molar-refractivity contribution is 6.11. The van der Waals surface area contributed by atoms with Gasteiger partial charge in [0.1, 0.15) is 25.7 Å². The van der Waals surface area contributed by atoms with Gasteiger partial charge in [-0.25, -0.2) is 0 Å². The van der Waals surface area contributed by atoms with Crippen LogP contribution in [0.1, 0.15) is 23.5 Å². The Morgan fingerprint density at radius 2 is 2.09 bits per heavy atom. The number of nitrogens with zero attached hydrogens (tertiary/aromatic N) is 1. The monoisotopic (exact) mass is 303 g/mol. The number of rotatable bonds is 5. The summed E-state index contributed by atoms with van der Waals surface area (Å²) in [5.41, 5.74) is 3.22. The maximum absolute atomic E-state index is 10.4. The number of ether oxygens (including phenoxy) is 1.